The Labute approximate surface area is 94.7 Å². The molecule has 0 atom stereocenters. The fourth-order valence-electron chi connectivity index (χ4n) is 2.50. The Kier molecular flexibility index (Phi) is 1.95. The molecule has 0 bridgehead atoms. The Bertz CT molecular complexity index is 538. The summed E-state index contributed by atoms with van der Waals surface area (Å²) in [6.45, 7) is 0.667. The molecular weight excluding hydrogens is 198 g/mol. The molecule has 0 amide bonds. The number of aromatic hydroxyl groups is 1. The Balaban J connectivity index is 2.33. The second kappa shape index (κ2) is 3.22. The maximum atomic E-state index is 10.00. The van der Waals surface area contributed by atoms with Crippen LogP contribution in [-0.4, -0.2) is 11.7 Å². The van der Waals surface area contributed by atoms with Crippen LogP contribution in [0.1, 0.15) is 18.4 Å². The second-order valence-corrected chi connectivity index (χ2v) is 4.67. The van der Waals surface area contributed by atoms with Gasteiger partial charge in [-0.15, -0.1) is 0 Å². The van der Waals surface area contributed by atoms with Crippen LogP contribution in [0.3, 0.4) is 0 Å². The van der Waals surface area contributed by atoms with Crippen LogP contribution >= 0.6 is 0 Å². The molecule has 2 nitrogen and oxygen atoms in total. The first-order valence-corrected chi connectivity index (χ1v) is 5.68. The fraction of sp³-hybridized carbons (Fsp3) is 0.286. The zero-order valence-corrected chi connectivity index (χ0v) is 9.11. The highest BCUT2D eigenvalue weighted by Crippen LogP contribution is 2.50. The molecule has 1 fully saturated rings. The lowest BCUT2D eigenvalue weighted by atomic mass is 9.90. The zero-order valence-electron chi connectivity index (χ0n) is 9.11. The molecule has 0 unspecified atom stereocenters. The van der Waals surface area contributed by atoms with Gasteiger partial charge in [-0.2, -0.15) is 0 Å². The lowest BCUT2D eigenvalue weighted by molar-refractivity contribution is 0.480. The Morgan fingerprint density at radius 2 is 1.81 bits per heavy atom. The number of hydrogen-bond donors (Lipinski definition) is 2. The zero-order chi connectivity index (χ0) is 11.2. The van der Waals surface area contributed by atoms with Crippen LogP contribution in [0.25, 0.3) is 10.8 Å². The molecule has 0 radical (unpaired) electrons. The fourth-order valence-corrected chi connectivity index (χ4v) is 2.50. The maximum Gasteiger partial charge on any atom is 0.123 e. The lowest BCUT2D eigenvalue weighted by Crippen LogP contribution is -2.19. The average molecular weight is 213 g/mol. The van der Waals surface area contributed by atoms with E-state index in [9.17, 15) is 5.11 Å². The first-order chi connectivity index (χ1) is 7.77. The van der Waals surface area contributed by atoms with Crippen molar-refractivity contribution < 1.29 is 5.11 Å². The monoisotopic (exact) mass is 213 g/mol. The molecule has 16 heavy (non-hydrogen) atoms. The van der Waals surface area contributed by atoms with Crippen LogP contribution in [0.15, 0.2) is 36.4 Å². The van der Waals surface area contributed by atoms with Crippen molar-refractivity contribution in [3.05, 3.63) is 42.0 Å². The molecular formula is C14H15NO. The SMILES string of the molecule is NCC1(c2cccc3cccc(O)c23)CC1. The van der Waals surface area contributed by atoms with Crippen LogP contribution < -0.4 is 5.73 Å². The molecule has 2 aromatic rings. The number of benzene rings is 2. The Morgan fingerprint density at radius 1 is 1.12 bits per heavy atom. The highest BCUT2D eigenvalue weighted by atomic mass is 16.3. The van der Waals surface area contributed by atoms with Crippen LogP contribution in [0.4, 0.5) is 0 Å². The lowest BCUT2D eigenvalue weighted by Gasteiger charge is -2.16. The predicted molar refractivity (Wildman–Crippen MR) is 65.6 cm³/mol. The minimum atomic E-state index is 0.123. The molecule has 0 spiro atoms. The van der Waals surface area contributed by atoms with E-state index in [1.165, 1.54) is 5.56 Å². The van der Waals surface area contributed by atoms with E-state index in [1.807, 2.05) is 24.3 Å². The molecule has 0 saturated heterocycles. The molecule has 82 valence electrons. The van der Waals surface area contributed by atoms with Crippen molar-refractivity contribution in [1.29, 1.82) is 0 Å². The number of nitrogens with two attached hydrogens (primary N) is 1. The van der Waals surface area contributed by atoms with Gasteiger partial charge in [-0.1, -0.05) is 30.3 Å². The Hall–Kier alpha value is -1.54. The van der Waals surface area contributed by atoms with Gasteiger partial charge in [0, 0.05) is 17.3 Å². The van der Waals surface area contributed by atoms with Gasteiger partial charge >= 0.3 is 0 Å². The van der Waals surface area contributed by atoms with Crippen molar-refractivity contribution in [2.24, 2.45) is 5.73 Å². The Morgan fingerprint density at radius 3 is 2.44 bits per heavy atom. The second-order valence-electron chi connectivity index (χ2n) is 4.67. The third kappa shape index (κ3) is 1.23. The maximum absolute atomic E-state index is 10.00. The van der Waals surface area contributed by atoms with E-state index in [1.54, 1.807) is 6.07 Å². The number of rotatable bonds is 2. The molecule has 1 aliphatic rings. The summed E-state index contributed by atoms with van der Waals surface area (Å²) in [6, 6.07) is 11.8. The van der Waals surface area contributed by atoms with Gasteiger partial charge in [-0.3, -0.25) is 0 Å². The van der Waals surface area contributed by atoms with Gasteiger partial charge in [0.15, 0.2) is 0 Å². The van der Waals surface area contributed by atoms with Crippen LogP contribution in [0, 0.1) is 0 Å². The smallest absolute Gasteiger partial charge is 0.123 e. The van der Waals surface area contributed by atoms with E-state index in [4.69, 9.17) is 5.73 Å². The van der Waals surface area contributed by atoms with Crippen molar-refractivity contribution in [3.63, 3.8) is 0 Å². The molecule has 1 saturated carbocycles. The van der Waals surface area contributed by atoms with Crippen LogP contribution in [-0.2, 0) is 5.41 Å². The summed E-state index contributed by atoms with van der Waals surface area (Å²) in [7, 11) is 0. The standard InChI is InChI=1S/C14H15NO/c15-9-14(7-8-14)11-5-1-3-10-4-2-6-12(16)13(10)11/h1-6,16H,7-9,15H2. The van der Waals surface area contributed by atoms with Crippen molar-refractivity contribution in [2.45, 2.75) is 18.3 Å². The summed E-state index contributed by atoms with van der Waals surface area (Å²) in [6.07, 6.45) is 2.27. The molecule has 2 heteroatoms. The molecule has 0 aliphatic heterocycles. The molecule has 2 aromatic carbocycles. The number of phenolic OH excluding ortho intramolecular Hbond substituents is 1. The minimum absolute atomic E-state index is 0.123. The third-order valence-corrected chi connectivity index (χ3v) is 3.70. The molecule has 1 aliphatic carbocycles. The largest absolute Gasteiger partial charge is 0.507 e. The van der Waals surface area contributed by atoms with Crippen LogP contribution in [0.5, 0.6) is 5.75 Å². The average Bonchev–Trinajstić information content (AvgIpc) is 3.10. The van der Waals surface area contributed by atoms with E-state index in [0.29, 0.717) is 12.3 Å². The van der Waals surface area contributed by atoms with Gasteiger partial charge < -0.3 is 10.8 Å². The topological polar surface area (TPSA) is 46.2 Å². The van der Waals surface area contributed by atoms with Gasteiger partial charge in [0.25, 0.3) is 0 Å². The third-order valence-electron chi connectivity index (χ3n) is 3.70. The highest BCUT2D eigenvalue weighted by Gasteiger charge is 2.44. The van der Waals surface area contributed by atoms with Crippen molar-refractivity contribution >= 4 is 10.8 Å². The summed E-state index contributed by atoms with van der Waals surface area (Å²) in [5, 5.41) is 12.1. The number of phenols is 1. The summed E-state index contributed by atoms with van der Waals surface area (Å²) in [5.41, 5.74) is 7.20. The van der Waals surface area contributed by atoms with Gasteiger partial charge in [0.2, 0.25) is 0 Å². The minimum Gasteiger partial charge on any atom is -0.507 e. The van der Waals surface area contributed by atoms with E-state index in [2.05, 4.69) is 6.07 Å². The van der Waals surface area contributed by atoms with E-state index >= 15 is 0 Å². The molecule has 3 rings (SSSR count). The predicted octanol–water partition coefficient (Wildman–Crippen LogP) is 2.54. The first kappa shape index (κ1) is 9.67. The van der Waals surface area contributed by atoms with Crippen molar-refractivity contribution in [1.82, 2.24) is 0 Å². The van der Waals surface area contributed by atoms with Crippen LogP contribution in [0.2, 0.25) is 0 Å². The van der Waals surface area contributed by atoms with Gasteiger partial charge in [0.05, 0.1) is 0 Å². The number of hydrogen-bond acceptors (Lipinski definition) is 2. The summed E-state index contributed by atoms with van der Waals surface area (Å²) >= 11 is 0. The number of fused-ring (bicyclic) bond motifs is 1. The highest BCUT2D eigenvalue weighted by molar-refractivity contribution is 5.92. The van der Waals surface area contributed by atoms with Crippen molar-refractivity contribution in [3.8, 4) is 5.75 Å². The quantitative estimate of drug-likeness (QED) is 0.805. The molecule has 0 heterocycles. The summed E-state index contributed by atoms with van der Waals surface area (Å²) in [5.74, 6) is 0.368. The normalized spacial score (nSPS) is 17.6. The van der Waals surface area contributed by atoms with E-state index in [0.717, 1.165) is 23.6 Å². The van der Waals surface area contributed by atoms with Gasteiger partial charge in [0.1, 0.15) is 5.75 Å². The first-order valence-electron chi connectivity index (χ1n) is 5.68. The van der Waals surface area contributed by atoms with E-state index < -0.39 is 0 Å². The van der Waals surface area contributed by atoms with Crippen molar-refractivity contribution in [2.75, 3.05) is 6.54 Å². The summed E-state index contributed by atoms with van der Waals surface area (Å²) in [4.78, 5) is 0. The molecule has 0 aromatic heterocycles. The van der Waals surface area contributed by atoms with Gasteiger partial charge in [-0.05, 0) is 29.9 Å². The molecule has 3 N–H and O–H groups in total. The summed E-state index contributed by atoms with van der Waals surface area (Å²) < 4.78 is 0. The van der Waals surface area contributed by atoms with Gasteiger partial charge in [-0.25, -0.2) is 0 Å². The van der Waals surface area contributed by atoms with E-state index in [-0.39, 0.29) is 5.41 Å².